The van der Waals surface area contributed by atoms with Gasteiger partial charge in [-0.2, -0.15) is 0 Å². The summed E-state index contributed by atoms with van der Waals surface area (Å²) in [5.41, 5.74) is 8.90. The molecule has 234 valence electrons. The number of fused-ring (bicyclic) bond motifs is 4. The van der Waals surface area contributed by atoms with Crippen LogP contribution in [0.5, 0.6) is 0 Å². The predicted octanol–water partition coefficient (Wildman–Crippen LogP) is 9.76. The van der Waals surface area contributed by atoms with Crippen molar-refractivity contribution in [3.8, 4) is 56.4 Å². The van der Waals surface area contributed by atoms with E-state index in [1.807, 2.05) is 47.7 Å². The lowest BCUT2D eigenvalue weighted by molar-refractivity contribution is 0.795. The Balaban J connectivity index is 1.14. The zero-order chi connectivity index (χ0) is 33.1. The van der Waals surface area contributed by atoms with E-state index in [2.05, 4.69) is 103 Å². The molecule has 3 heterocycles. The van der Waals surface area contributed by atoms with Crippen LogP contribution >= 0.6 is 11.3 Å². The standard InChI is InChI=1S/C42H29N5OS/c1-46-34-23-22-29(25-35(34)47(2)42(46)48)26-18-20-28(21-19-26)40-43-39(27-10-4-3-5-11-27)44-41(45-40)31-13-8-12-30(24-31)32-15-9-17-37-38(32)33-14-6-7-16-36(33)49-37/h3-25H,1-2H3. The molecule has 3 aromatic heterocycles. The average Bonchev–Trinajstić information content (AvgIpc) is 3.65. The quantitative estimate of drug-likeness (QED) is 0.186. The first-order valence-electron chi connectivity index (χ1n) is 16.1. The van der Waals surface area contributed by atoms with E-state index in [4.69, 9.17) is 15.0 Å². The Morgan fingerprint density at radius 3 is 1.84 bits per heavy atom. The lowest BCUT2D eigenvalue weighted by Gasteiger charge is -2.11. The van der Waals surface area contributed by atoms with E-state index in [0.29, 0.717) is 17.5 Å². The van der Waals surface area contributed by atoms with E-state index in [9.17, 15) is 4.79 Å². The lowest BCUT2D eigenvalue weighted by Crippen LogP contribution is -2.19. The summed E-state index contributed by atoms with van der Waals surface area (Å²) < 4.78 is 5.91. The molecule has 0 atom stereocenters. The average molecular weight is 652 g/mol. The molecule has 0 bridgehead atoms. The summed E-state index contributed by atoms with van der Waals surface area (Å²) in [6.45, 7) is 0. The maximum atomic E-state index is 12.5. The van der Waals surface area contributed by atoms with Gasteiger partial charge in [0.15, 0.2) is 17.5 Å². The highest BCUT2D eigenvalue weighted by Gasteiger charge is 2.16. The fourth-order valence-electron chi connectivity index (χ4n) is 6.69. The second-order valence-electron chi connectivity index (χ2n) is 12.2. The number of hydrogen-bond donors (Lipinski definition) is 0. The summed E-state index contributed by atoms with van der Waals surface area (Å²) in [6.07, 6.45) is 0. The maximum Gasteiger partial charge on any atom is 0.328 e. The molecule has 0 aliphatic heterocycles. The second-order valence-corrected chi connectivity index (χ2v) is 13.3. The van der Waals surface area contributed by atoms with Crippen molar-refractivity contribution in [3.63, 3.8) is 0 Å². The van der Waals surface area contributed by atoms with Crippen molar-refractivity contribution in [1.82, 2.24) is 24.1 Å². The number of rotatable bonds is 5. The Morgan fingerprint density at radius 2 is 1.04 bits per heavy atom. The molecule has 49 heavy (non-hydrogen) atoms. The number of nitrogens with zero attached hydrogens (tertiary/aromatic N) is 5. The van der Waals surface area contributed by atoms with Crippen molar-refractivity contribution in [1.29, 1.82) is 0 Å². The van der Waals surface area contributed by atoms with Crippen LogP contribution in [0.1, 0.15) is 0 Å². The third-order valence-corrected chi connectivity index (χ3v) is 10.4. The first-order valence-corrected chi connectivity index (χ1v) is 16.9. The van der Waals surface area contributed by atoms with E-state index in [0.717, 1.165) is 44.4 Å². The van der Waals surface area contributed by atoms with Gasteiger partial charge in [0, 0.05) is 51.0 Å². The molecule has 9 rings (SSSR count). The largest absolute Gasteiger partial charge is 0.328 e. The van der Waals surface area contributed by atoms with Gasteiger partial charge in [-0.1, -0.05) is 109 Å². The molecule has 0 fully saturated rings. The molecule has 7 heteroatoms. The third-order valence-electron chi connectivity index (χ3n) is 9.25. The van der Waals surface area contributed by atoms with Gasteiger partial charge in [0.25, 0.3) is 0 Å². The van der Waals surface area contributed by atoms with Gasteiger partial charge < -0.3 is 0 Å². The molecule has 0 radical (unpaired) electrons. The summed E-state index contributed by atoms with van der Waals surface area (Å²) >= 11 is 1.82. The number of aryl methyl sites for hydroxylation is 2. The number of thiophene rings is 1. The fourth-order valence-corrected chi connectivity index (χ4v) is 7.82. The summed E-state index contributed by atoms with van der Waals surface area (Å²) in [5, 5.41) is 2.55. The summed E-state index contributed by atoms with van der Waals surface area (Å²) in [6, 6.07) is 48.1. The van der Waals surface area contributed by atoms with Crippen LogP contribution in [0.4, 0.5) is 0 Å². The van der Waals surface area contributed by atoms with Crippen LogP contribution < -0.4 is 5.69 Å². The second kappa shape index (κ2) is 11.5. The van der Waals surface area contributed by atoms with Crippen LogP contribution in [0.25, 0.3) is 87.6 Å². The smallest absolute Gasteiger partial charge is 0.295 e. The SMILES string of the molecule is Cn1c(=O)n(C)c2cc(-c3ccc(-c4nc(-c5ccccc5)nc(-c5cccc(-c6cccc7sc8ccccc8c67)c5)n4)cc3)ccc21. The van der Waals surface area contributed by atoms with Gasteiger partial charge >= 0.3 is 5.69 Å². The van der Waals surface area contributed by atoms with Gasteiger partial charge in [-0.15, -0.1) is 11.3 Å². The van der Waals surface area contributed by atoms with E-state index >= 15 is 0 Å². The van der Waals surface area contributed by atoms with Crippen LogP contribution in [-0.4, -0.2) is 24.1 Å². The van der Waals surface area contributed by atoms with E-state index in [1.54, 1.807) is 23.2 Å². The Bertz CT molecular complexity index is 2760. The molecular weight excluding hydrogens is 623 g/mol. The summed E-state index contributed by atoms with van der Waals surface area (Å²) in [7, 11) is 3.61. The Kier molecular flexibility index (Phi) is 6.81. The fraction of sp³-hybridized carbons (Fsp3) is 0.0476. The number of benzene rings is 6. The van der Waals surface area contributed by atoms with Gasteiger partial charge in [-0.3, -0.25) is 9.13 Å². The first kappa shape index (κ1) is 29.0. The van der Waals surface area contributed by atoms with Crippen molar-refractivity contribution >= 4 is 42.5 Å². The molecule has 0 unspecified atom stereocenters. The Labute approximate surface area is 286 Å². The van der Waals surface area contributed by atoms with Crippen LogP contribution in [0.3, 0.4) is 0 Å². The molecule has 0 spiro atoms. The highest BCUT2D eigenvalue weighted by atomic mass is 32.1. The van der Waals surface area contributed by atoms with Crippen molar-refractivity contribution in [2.75, 3.05) is 0 Å². The topological polar surface area (TPSA) is 65.6 Å². The molecule has 6 aromatic carbocycles. The van der Waals surface area contributed by atoms with E-state index in [1.165, 1.54) is 25.7 Å². The van der Waals surface area contributed by atoms with Gasteiger partial charge in [-0.25, -0.2) is 19.7 Å². The zero-order valence-corrected chi connectivity index (χ0v) is 27.6. The number of imidazole rings is 1. The summed E-state index contributed by atoms with van der Waals surface area (Å²) in [4.78, 5) is 27.5. The van der Waals surface area contributed by atoms with Gasteiger partial charge in [0.05, 0.1) is 11.0 Å². The summed E-state index contributed by atoms with van der Waals surface area (Å²) in [5.74, 6) is 1.84. The first-order chi connectivity index (χ1) is 24.0. The molecular formula is C42H29N5OS. The Morgan fingerprint density at radius 1 is 0.469 bits per heavy atom. The molecule has 0 saturated carbocycles. The zero-order valence-electron chi connectivity index (χ0n) is 26.8. The molecule has 9 aromatic rings. The van der Waals surface area contributed by atoms with Crippen molar-refractivity contribution in [3.05, 3.63) is 150 Å². The van der Waals surface area contributed by atoms with E-state index in [-0.39, 0.29) is 5.69 Å². The van der Waals surface area contributed by atoms with Crippen LogP contribution in [-0.2, 0) is 14.1 Å². The predicted molar refractivity (Wildman–Crippen MR) is 202 cm³/mol. The lowest BCUT2D eigenvalue weighted by atomic mass is 9.98. The van der Waals surface area contributed by atoms with E-state index < -0.39 is 0 Å². The molecule has 0 N–H and O–H groups in total. The third kappa shape index (κ3) is 4.94. The van der Waals surface area contributed by atoms with Crippen molar-refractivity contribution in [2.24, 2.45) is 14.1 Å². The minimum atomic E-state index is -0.0371. The molecule has 0 aliphatic carbocycles. The highest BCUT2D eigenvalue weighted by Crippen LogP contribution is 2.40. The number of hydrogen-bond acceptors (Lipinski definition) is 5. The maximum absolute atomic E-state index is 12.5. The van der Waals surface area contributed by atoms with Gasteiger partial charge in [-0.05, 0) is 52.6 Å². The Hall–Kier alpha value is -6.18. The van der Waals surface area contributed by atoms with Gasteiger partial charge in [0.1, 0.15) is 0 Å². The molecule has 0 amide bonds. The van der Waals surface area contributed by atoms with Crippen LogP contribution in [0.15, 0.2) is 144 Å². The normalized spacial score (nSPS) is 11.6. The monoisotopic (exact) mass is 651 g/mol. The van der Waals surface area contributed by atoms with Crippen LogP contribution in [0.2, 0.25) is 0 Å². The van der Waals surface area contributed by atoms with Crippen molar-refractivity contribution < 1.29 is 0 Å². The number of aromatic nitrogens is 5. The minimum Gasteiger partial charge on any atom is -0.295 e. The van der Waals surface area contributed by atoms with Gasteiger partial charge in [0.2, 0.25) is 0 Å². The molecule has 0 saturated heterocycles. The molecule has 0 aliphatic rings. The minimum absolute atomic E-state index is 0.0371. The molecule has 6 nitrogen and oxygen atoms in total. The highest BCUT2D eigenvalue weighted by molar-refractivity contribution is 7.25. The van der Waals surface area contributed by atoms with Crippen LogP contribution in [0, 0.1) is 0 Å². The van der Waals surface area contributed by atoms with Crippen molar-refractivity contribution in [2.45, 2.75) is 0 Å².